The molecule has 1 aromatic carbocycles. The molecule has 2 aromatic rings. The molecule has 0 saturated carbocycles. The Morgan fingerprint density at radius 1 is 1.23 bits per heavy atom. The first-order chi connectivity index (χ1) is 12.1. The lowest BCUT2D eigenvalue weighted by Crippen LogP contribution is -2.43. The number of benzene rings is 1. The summed E-state index contributed by atoms with van der Waals surface area (Å²) in [6, 6.07) is 5.99. The van der Waals surface area contributed by atoms with E-state index in [1.54, 1.807) is 0 Å². The number of thioether (sulfide) groups is 1. The van der Waals surface area contributed by atoms with Crippen LogP contribution in [0.15, 0.2) is 32.7 Å². The molecule has 0 saturated heterocycles. The SMILES string of the molecule is Cc1ccc(SCC(=O)c2c(N)n(CC(C)C)c(=O)n(C)c2=O)c(C)c1. The number of nitrogens with zero attached hydrogens (tertiary/aromatic N) is 2. The van der Waals surface area contributed by atoms with Gasteiger partial charge in [-0.2, -0.15) is 0 Å². The van der Waals surface area contributed by atoms with Crippen molar-refractivity contribution in [3.63, 3.8) is 0 Å². The van der Waals surface area contributed by atoms with E-state index in [0.717, 1.165) is 20.6 Å². The minimum Gasteiger partial charge on any atom is -0.384 e. The average molecular weight is 375 g/mol. The Hall–Kier alpha value is -2.28. The van der Waals surface area contributed by atoms with Gasteiger partial charge in [-0.3, -0.25) is 18.7 Å². The van der Waals surface area contributed by atoms with Crippen molar-refractivity contribution >= 4 is 23.4 Å². The summed E-state index contributed by atoms with van der Waals surface area (Å²) in [5.74, 6) is -0.174. The van der Waals surface area contributed by atoms with E-state index in [-0.39, 0.29) is 28.8 Å². The maximum absolute atomic E-state index is 12.7. The van der Waals surface area contributed by atoms with E-state index in [9.17, 15) is 14.4 Å². The highest BCUT2D eigenvalue weighted by atomic mass is 32.2. The number of Topliss-reactive ketones (excluding diaryl/α,β-unsaturated/α-hetero) is 1. The van der Waals surface area contributed by atoms with Crippen LogP contribution in [-0.4, -0.2) is 20.7 Å². The first-order valence-electron chi connectivity index (χ1n) is 8.46. The third-order valence-electron chi connectivity index (χ3n) is 4.10. The second-order valence-corrected chi connectivity index (χ2v) is 7.91. The van der Waals surface area contributed by atoms with E-state index in [0.29, 0.717) is 6.54 Å². The van der Waals surface area contributed by atoms with Crippen LogP contribution in [0.3, 0.4) is 0 Å². The van der Waals surface area contributed by atoms with Gasteiger partial charge in [-0.15, -0.1) is 11.8 Å². The van der Waals surface area contributed by atoms with Gasteiger partial charge in [-0.05, 0) is 31.4 Å². The van der Waals surface area contributed by atoms with E-state index < -0.39 is 11.2 Å². The van der Waals surface area contributed by atoms with E-state index in [4.69, 9.17) is 5.73 Å². The molecule has 0 amide bonds. The maximum atomic E-state index is 12.7. The highest BCUT2D eigenvalue weighted by Gasteiger charge is 2.22. The largest absolute Gasteiger partial charge is 0.384 e. The predicted octanol–water partition coefficient (Wildman–Crippen LogP) is 2.38. The molecular weight excluding hydrogens is 350 g/mol. The first-order valence-corrected chi connectivity index (χ1v) is 9.44. The zero-order chi connectivity index (χ0) is 19.6. The Balaban J connectivity index is 2.38. The molecule has 0 aliphatic carbocycles. The minimum absolute atomic E-state index is 0.0435. The molecule has 1 aromatic heterocycles. The summed E-state index contributed by atoms with van der Waals surface area (Å²) in [5.41, 5.74) is 7.02. The molecule has 0 aliphatic heterocycles. The summed E-state index contributed by atoms with van der Waals surface area (Å²) in [6.07, 6.45) is 0. The van der Waals surface area contributed by atoms with Crippen molar-refractivity contribution in [2.45, 2.75) is 39.1 Å². The molecule has 1 heterocycles. The molecular formula is C19H25N3O3S. The number of nitrogen functional groups attached to an aromatic ring is 1. The van der Waals surface area contributed by atoms with Gasteiger partial charge in [0.2, 0.25) is 0 Å². The quantitative estimate of drug-likeness (QED) is 0.619. The fourth-order valence-corrected chi connectivity index (χ4v) is 3.65. The molecule has 6 nitrogen and oxygen atoms in total. The fraction of sp³-hybridized carbons (Fsp3) is 0.421. The Bertz CT molecular complexity index is 958. The lowest BCUT2D eigenvalue weighted by Gasteiger charge is -2.16. The lowest BCUT2D eigenvalue weighted by atomic mass is 10.2. The number of aryl methyl sites for hydroxylation is 2. The third kappa shape index (κ3) is 4.09. The maximum Gasteiger partial charge on any atom is 0.332 e. The fourth-order valence-electron chi connectivity index (χ4n) is 2.76. The van der Waals surface area contributed by atoms with Gasteiger partial charge in [-0.25, -0.2) is 4.79 Å². The number of rotatable bonds is 6. The number of nitrogens with two attached hydrogens (primary N) is 1. The van der Waals surface area contributed by atoms with E-state index in [1.807, 2.05) is 45.9 Å². The van der Waals surface area contributed by atoms with Crippen LogP contribution in [0.25, 0.3) is 0 Å². The first kappa shape index (κ1) is 20.0. The van der Waals surface area contributed by atoms with Gasteiger partial charge in [0.25, 0.3) is 5.56 Å². The van der Waals surface area contributed by atoms with Crippen molar-refractivity contribution in [2.75, 3.05) is 11.5 Å². The lowest BCUT2D eigenvalue weighted by molar-refractivity contribution is 0.102. The van der Waals surface area contributed by atoms with Crippen LogP contribution in [0, 0.1) is 19.8 Å². The van der Waals surface area contributed by atoms with Crippen LogP contribution >= 0.6 is 11.8 Å². The summed E-state index contributed by atoms with van der Waals surface area (Å²) in [7, 11) is 1.37. The van der Waals surface area contributed by atoms with Crippen molar-refractivity contribution < 1.29 is 4.79 Å². The van der Waals surface area contributed by atoms with E-state index in [1.165, 1.54) is 23.4 Å². The van der Waals surface area contributed by atoms with Crippen molar-refractivity contribution in [1.82, 2.24) is 9.13 Å². The Labute approximate surface area is 157 Å². The summed E-state index contributed by atoms with van der Waals surface area (Å²) in [5, 5.41) is 0. The number of carbonyl (C=O) groups is 1. The van der Waals surface area contributed by atoms with Crippen LogP contribution in [0.5, 0.6) is 0 Å². The Morgan fingerprint density at radius 2 is 1.88 bits per heavy atom. The Kier molecular flexibility index (Phi) is 6.13. The van der Waals surface area contributed by atoms with E-state index >= 15 is 0 Å². The highest BCUT2D eigenvalue weighted by Crippen LogP contribution is 2.24. The van der Waals surface area contributed by atoms with E-state index in [2.05, 4.69) is 0 Å². The molecule has 0 radical (unpaired) electrons. The predicted molar refractivity (Wildman–Crippen MR) is 106 cm³/mol. The van der Waals surface area contributed by atoms with Crippen LogP contribution in [0.2, 0.25) is 0 Å². The summed E-state index contributed by atoms with van der Waals surface area (Å²) in [4.78, 5) is 38.4. The van der Waals surface area contributed by atoms with Crippen LogP contribution < -0.4 is 17.0 Å². The standard InChI is InChI=1S/C19H25N3O3S/c1-11(2)9-22-17(20)16(18(24)21(5)19(22)25)14(23)10-26-15-7-6-12(3)8-13(15)4/h6-8,11H,9-10,20H2,1-5H3. The molecule has 7 heteroatoms. The third-order valence-corrected chi connectivity index (χ3v) is 5.27. The summed E-state index contributed by atoms with van der Waals surface area (Å²) < 4.78 is 2.26. The molecule has 2 N–H and O–H groups in total. The number of anilines is 1. The van der Waals surface area contributed by atoms with Crippen LogP contribution in [0.4, 0.5) is 5.82 Å². The topological polar surface area (TPSA) is 87.1 Å². The van der Waals surface area contributed by atoms with Gasteiger partial charge < -0.3 is 5.73 Å². The van der Waals surface area contributed by atoms with Gasteiger partial charge in [0, 0.05) is 18.5 Å². The normalized spacial score (nSPS) is 11.2. The van der Waals surface area contributed by atoms with Gasteiger partial charge in [0.1, 0.15) is 11.4 Å². The van der Waals surface area contributed by atoms with Crippen molar-refractivity contribution in [3.8, 4) is 0 Å². The van der Waals surface area contributed by atoms with Gasteiger partial charge >= 0.3 is 5.69 Å². The summed E-state index contributed by atoms with van der Waals surface area (Å²) in [6.45, 7) is 8.22. The van der Waals surface area contributed by atoms with Crippen LogP contribution in [0.1, 0.15) is 35.3 Å². The highest BCUT2D eigenvalue weighted by molar-refractivity contribution is 8.00. The number of ketones is 1. The second-order valence-electron chi connectivity index (χ2n) is 6.89. The Morgan fingerprint density at radius 3 is 2.46 bits per heavy atom. The number of hydrogen-bond donors (Lipinski definition) is 1. The molecule has 0 fully saturated rings. The molecule has 2 rings (SSSR count). The number of carbonyl (C=O) groups excluding carboxylic acids is 1. The summed E-state index contributed by atoms with van der Waals surface area (Å²) >= 11 is 1.37. The number of aromatic nitrogens is 2. The van der Waals surface area contributed by atoms with Crippen molar-refractivity contribution in [1.29, 1.82) is 0 Å². The van der Waals surface area contributed by atoms with Gasteiger partial charge in [0.05, 0.1) is 5.75 Å². The molecule has 0 bridgehead atoms. The average Bonchev–Trinajstić information content (AvgIpc) is 2.56. The smallest absolute Gasteiger partial charge is 0.332 e. The van der Waals surface area contributed by atoms with Gasteiger partial charge in [0.15, 0.2) is 5.78 Å². The number of hydrogen-bond acceptors (Lipinski definition) is 5. The molecule has 0 spiro atoms. The molecule has 0 unspecified atom stereocenters. The molecule has 0 atom stereocenters. The molecule has 26 heavy (non-hydrogen) atoms. The monoisotopic (exact) mass is 375 g/mol. The van der Waals surface area contributed by atoms with Crippen LogP contribution in [-0.2, 0) is 13.6 Å². The second kappa shape index (κ2) is 7.95. The van der Waals surface area contributed by atoms with Crippen molar-refractivity contribution in [2.24, 2.45) is 13.0 Å². The molecule has 0 aliphatic rings. The zero-order valence-corrected chi connectivity index (χ0v) is 16.6. The minimum atomic E-state index is -0.640. The van der Waals surface area contributed by atoms with Gasteiger partial charge in [-0.1, -0.05) is 31.5 Å². The molecule has 140 valence electrons. The zero-order valence-electron chi connectivity index (χ0n) is 15.8. The van der Waals surface area contributed by atoms with Crippen molar-refractivity contribution in [3.05, 3.63) is 55.7 Å².